The first kappa shape index (κ1) is 12.2. The second-order valence-electron chi connectivity index (χ2n) is 4.77. The number of hydrogen-bond acceptors (Lipinski definition) is 4. The van der Waals surface area contributed by atoms with Crippen LogP contribution in [0.3, 0.4) is 0 Å². The van der Waals surface area contributed by atoms with E-state index in [1.165, 1.54) is 0 Å². The van der Waals surface area contributed by atoms with Crippen LogP contribution < -0.4 is 5.73 Å². The zero-order valence-corrected chi connectivity index (χ0v) is 11.9. The number of fused-ring (bicyclic) bond motifs is 1. The van der Waals surface area contributed by atoms with Crippen molar-refractivity contribution in [2.75, 3.05) is 5.73 Å². The Morgan fingerprint density at radius 3 is 2.67 bits per heavy atom. The van der Waals surface area contributed by atoms with E-state index in [-0.39, 0.29) is 0 Å². The number of nitrogens with two attached hydrogens (primary N) is 1. The van der Waals surface area contributed by atoms with Crippen molar-refractivity contribution in [2.45, 2.75) is 0 Å². The number of hydrogen-bond donors (Lipinski definition) is 1. The second kappa shape index (κ2) is 4.75. The lowest BCUT2D eigenvalue weighted by Crippen LogP contribution is -1.89. The van der Waals surface area contributed by atoms with Crippen molar-refractivity contribution in [1.29, 1.82) is 0 Å². The molecular weight excluding hydrogens is 280 g/mol. The molecule has 21 heavy (non-hydrogen) atoms. The Balaban J connectivity index is 2.05. The number of aromatic nitrogens is 1. The first-order valence-electron chi connectivity index (χ1n) is 6.60. The van der Waals surface area contributed by atoms with Gasteiger partial charge in [-0.2, -0.15) is 0 Å². The molecule has 2 N–H and O–H groups in total. The maximum atomic E-state index is 6.13. The van der Waals surface area contributed by atoms with E-state index in [4.69, 9.17) is 10.2 Å². The molecule has 4 aromatic rings. The summed E-state index contributed by atoms with van der Waals surface area (Å²) < 4.78 is 5.48. The Kier molecular flexibility index (Phi) is 2.75. The van der Waals surface area contributed by atoms with Crippen LogP contribution in [0.25, 0.3) is 32.8 Å². The second-order valence-corrected chi connectivity index (χ2v) is 5.63. The summed E-state index contributed by atoms with van der Waals surface area (Å²) in [5.74, 6) is 0.765. The fourth-order valence-electron chi connectivity index (χ4n) is 2.46. The van der Waals surface area contributed by atoms with Crippen LogP contribution in [0.15, 0.2) is 64.6 Å². The lowest BCUT2D eigenvalue weighted by Gasteiger charge is -2.07. The maximum absolute atomic E-state index is 6.13. The van der Waals surface area contributed by atoms with Gasteiger partial charge in [0.05, 0.1) is 12.0 Å². The van der Waals surface area contributed by atoms with E-state index in [9.17, 15) is 0 Å². The summed E-state index contributed by atoms with van der Waals surface area (Å²) in [7, 11) is 0. The van der Waals surface area contributed by atoms with E-state index in [0.29, 0.717) is 0 Å². The molecule has 3 nitrogen and oxygen atoms in total. The molecule has 0 aliphatic rings. The summed E-state index contributed by atoms with van der Waals surface area (Å²) >= 11 is 1.56. The number of thiophene rings is 1. The largest absolute Gasteiger partial charge is 0.463 e. The molecule has 3 heterocycles. The summed E-state index contributed by atoms with van der Waals surface area (Å²) in [6.45, 7) is 0. The molecule has 0 radical (unpaired) electrons. The Labute approximate surface area is 125 Å². The fraction of sp³-hybridized carbons (Fsp3) is 0. The summed E-state index contributed by atoms with van der Waals surface area (Å²) in [5, 5.41) is 2.96. The number of nitrogen functional groups attached to an aromatic ring is 1. The average Bonchev–Trinajstić information content (AvgIpc) is 3.18. The standard InChI is InChI=1S/C17H12N2OS/c18-13-10-21-17-16(13)12(11-5-2-1-3-6-11)9-14(19-17)15-7-4-8-20-15/h1-10H,18H2. The van der Waals surface area contributed by atoms with Crippen molar-refractivity contribution < 1.29 is 4.42 Å². The van der Waals surface area contributed by atoms with E-state index < -0.39 is 0 Å². The van der Waals surface area contributed by atoms with Crippen LogP contribution >= 0.6 is 11.3 Å². The van der Waals surface area contributed by atoms with E-state index in [1.807, 2.05) is 41.8 Å². The van der Waals surface area contributed by atoms with Crippen LogP contribution in [0.5, 0.6) is 0 Å². The molecule has 1 aromatic carbocycles. The quantitative estimate of drug-likeness (QED) is 0.577. The van der Waals surface area contributed by atoms with Crippen LogP contribution in [0, 0.1) is 0 Å². The molecule has 4 rings (SSSR count). The number of benzene rings is 1. The van der Waals surface area contributed by atoms with Gasteiger partial charge in [-0.1, -0.05) is 30.3 Å². The predicted octanol–water partition coefficient (Wildman–Crippen LogP) is 4.81. The molecule has 0 saturated heterocycles. The maximum Gasteiger partial charge on any atom is 0.152 e. The molecular formula is C17H12N2OS. The van der Waals surface area contributed by atoms with Gasteiger partial charge in [0.1, 0.15) is 10.5 Å². The smallest absolute Gasteiger partial charge is 0.152 e. The minimum Gasteiger partial charge on any atom is -0.463 e. The van der Waals surface area contributed by atoms with Crippen LogP contribution in [0.1, 0.15) is 0 Å². The van der Waals surface area contributed by atoms with E-state index in [0.717, 1.165) is 38.5 Å². The van der Waals surface area contributed by atoms with Crippen LogP contribution in [-0.4, -0.2) is 4.98 Å². The summed E-state index contributed by atoms with van der Waals surface area (Å²) in [5.41, 5.74) is 9.94. The predicted molar refractivity (Wildman–Crippen MR) is 87.2 cm³/mol. The molecule has 0 amide bonds. The van der Waals surface area contributed by atoms with E-state index in [1.54, 1.807) is 17.6 Å². The molecule has 0 unspecified atom stereocenters. The number of nitrogens with zero attached hydrogens (tertiary/aromatic N) is 1. The molecule has 0 aliphatic heterocycles. The average molecular weight is 292 g/mol. The Morgan fingerprint density at radius 1 is 1.05 bits per heavy atom. The van der Waals surface area contributed by atoms with Gasteiger partial charge >= 0.3 is 0 Å². The fourth-order valence-corrected chi connectivity index (χ4v) is 3.31. The lowest BCUT2D eigenvalue weighted by atomic mass is 10.0. The molecule has 0 spiro atoms. The van der Waals surface area contributed by atoms with Gasteiger partial charge in [0.2, 0.25) is 0 Å². The van der Waals surface area contributed by atoms with Gasteiger partial charge in [0.15, 0.2) is 5.76 Å². The highest BCUT2D eigenvalue weighted by Gasteiger charge is 2.14. The topological polar surface area (TPSA) is 52.0 Å². The molecule has 0 saturated carbocycles. The van der Waals surface area contributed by atoms with Crippen LogP contribution in [0.2, 0.25) is 0 Å². The van der Waals surface area contributed by atoms with Gasteiger partial charge in [-0.15, -0.1) is 11.3 Å². The minimum atomic E-state index is 0.765. The van der Waals surface area contributed by atoms with Crippen molar-refractivity contribution in [3.8, 4) is 22.6 Å². The van der Waals surface area contributed by atoms with Crippen molar-refractivity contribution in [1.82, 2.24) is 4.98 Å². The van der Waals surface area contributed by atoms with Gasteiger partial charge in [-0.25, -0.2) is 4.98 Å². The summed E-state index contributed by atoms with van der Waals surface area (Å²) in [4.78, 5) is 5.60. The molecule has 0 atom stereocenters. The number of rotatable bonds is 2. The molecule has 102 valence electrons. The summed E-state index contributed by atoms with van der Waals surface area (Å²) in [6, 6.07) is 16.0. The van der Waals surface area contributed by atoms with Crippen molar-refractivity contribution >= 4 is 27.2 Å². The Hall–Kier alpha value is -2.59. The lowest BCUT2D eigenvalue weighted by molar-refractivity contribution is 0.580. The third-order valence-corrected chi connectivity index (χ3v) is 4.32. The molecule has 3 aromatic heterocycles. The number of anilines is 1. The van der Waals surface area contributed by atoms with E-state index >= 15 is 0 Å². The number of pyridine rings is 1. The van der Waals surface area contributed by atoms with Gasteiger partial charge < -0.3 is 10.2 Å². The first-order chi connectivity index (χ1) is 10.3. The van der Waals surface area contributed by atoms with Crippen molar-refractivity contribution in [3.05, 3.63) is 60.2 Å². The van der Waals surface area contributed by atoms with Gasteiger partial charge in [0, 0.05) is 10.8 Å². The third-order valence-electron chi connectivity index (χ3n) is 3.43. The molecule has 4 heteroatoms. The van der Waals surface area contributed by atoms with Crippen LogP contribution in [0.4, 0.5) is 5.69 Å². The SMILES string of the molecule is Nc1csc2nc(-c3ccco3)cc(-c3ccccc3)c12. The normalized spacial score (nSPS) is 11.0. The van der Waals surface area contributed by atoms with Gasteiger partial charge in [-0.3, -0.25) is 0 Å². The molecule has 0 fully saturated rings. The highest BCUT2D eigenvalue weighted by Crippen LogP contribution is 2.38. The Bertz CT molecular complexity index is 895. The zero-order chi connectivity index (χ0) is 14.2. The summed E-state index contributed by atoms with van der Waals surface area (Å²) in [6.07, 6.45) is 1.66. The first-order valence-corrected chi connectivity index (χ1v) is 7.48. The molecule has 0 aliphatic carbocycles. The highest BCUT2D eigenvalue weighted by atomic mass is 32.1. The zero-order valence-electron chi connectivity index (χ0n) is 11.1. The minimum absolute atomic E-state index is 0.765. The van der Waals surface area contributed by atoms with Gasteiger partial charge in [-0.05, 0) is 29.3 Å². The Morgan fingerprint density at radius 2 is 1.90 bits per heavy atom. The van der Waals surface area contributed by atoms with Crippen molar-refractivity contribution in [2.24, 2.45) is 0 Å². The van der Waals surface area contributed by atoms with Crippen molar-refractivity contribution in [3.63, 3.8) is 0 Å². The van der Waals surface area contributed by atoms with Gasteiger partial charge in [0.25, 0.3) is 0 Å². The highest BCUT2D eigenvalue weighted by molar-refractivity contribution is 7.17. The monoisotopic (exact) mass is 292 g/mol. The molecule has 0 bridgehead atoms. The van der Waals surface area contributed by atoms with E-state index in [2.05, 4.69) is 17.1 Å². The number of furan rings is 1. The third kappa shape index (κ3) is 2.00. The van der Waals surface area contributed by atoms with Crippen LogP contribution in [-0.2, 0) is 0 Å².